The summed E-state index contributed by atoms with van der Waals surface area (Å²) in [5.74, 6) is 0.813. The van der Waals surface area contributed by atoms with E-state index in [-0.39, 0.29) is 0 Å². The van der Waals surface area contributed by atoms with E-state index in [9.17, 15) is 0 Å². The van der Waals surface area contributed by atoms with E-state index in [0.29, 0.717) is 25.3 Å². The fourth-order valence-corrected chi connectivity index (χ4v) is 4.64. The average Bonchev–Trinajstić information content (AvgIpc) is 3.39. The Balaban J connectivity index is 1.26. The highest BCUT2D eigenvalue weighted by Crippen LogP contribution is 2.30. The van der Waals surface area contributed by atoms with Crippen LogP contribution in [-0.2, 0) is 17.6 Å². The molecular weight excluding hydrogens is 392 g/mol. The van der Waals surface area contributed by atoms with E-state index in [1.165, 1.54) is 16.6 Å². The molecule has 1 saturated heterocycles. The summed E-state index contributed by atoms with van der Waals surface area (Å²) in [6, 6.07) is 11.4. The van der Waals surface area contributed by atoms with Crippen molar-refractivity contribution in [3.63, 3.8) is 0 Å². The highest BCUT2D eigenvalue weighted by Gasteiger charge is 2.22. The van der Waals surface area contributed by atoms with Gasteiger partial charge in [0.05, 0.1) is 13.2 Å². The van der Waals surface area contributed by atoms with Crippen LogP contribution in [0, 0.1) is 0 Å². The molecule has 2 aliphatic rings. The third-order valence-electron chi connectivity index (χ3n) is 6.39. The van der Waals surface area contributed by atoms with Crippen LogP contribution in [0.1, 0.15) is 17.7 Å². The number of aromatic amines is 1. The number of nitrogens with zero attached hydrogens (tertiary/aromatic N) is 3. The van der Waals surface area contributed by atoms with Crippen LogP contribution in [0.5, 0.6) is 0 Å². The first-order chi connectivity index (χ1) is 15.3. The van der Waals surface area contributed by atoms with Crippen LogP contribution in [0.4, 0.5) is 17.5 Å². The second kappa shape index (κ2) is 7.55. The maximum absolute atomic E-state index is 5.94. The van der Waals surface area contributed by atoms with Crippen molar-refractivity contribution in [1.29, 1.82) is 0 Å². The lowest BCUT2D eigenvalue weighted by atomic mass is 9.92. The predicted octanol–water partition coefficient (Wildman–Crippen LogP) is 3.36. The summed E-state index contributed by atoms with van der Waals surface area (Å²) in [5.41, 5.74) is 6.23. The van der Waals surface area contributed by atoms with Crippen molar-refractivity contribution in [2.24, 2.45) is 0 Å². The first-order valence-corrected chi connectivity index (χ1v) is 10.9. The van der Waals surface area contributed by atoms with Crippen molar-refractivity contribution in [3.8, 4) is 0 Å². The molecule has 1 fully saturated rings. The molecule has 3 aromatic heterocycles. The van der Waals surface area contributed by atoms with Gasteiger partial charge in [-0.25, -0.2) is 4.98 Å². The minimum absolute atomic E-state index is 0.542. The van der Waals surface area contributed by atoms with Gasteiger partial charge in [-0.05, 0) is 62.2 Å². The second-order valence-electron chi connectivity index (χ2n) is 8.31. The molecular formula is C23H26N6O2. The number of oxazole rings is 1. The Morgan fingerprint density at radius 1 is 1.13 bits per heavy atom. The predicted molar refractivity (Wildman–Crippen MR) is 121 cm³/mol. The fourth-order valence-electron chi connectivity index (χ4n) is 4.64. The van der Waals surface area contributed by atoms with Crippen LogP contribution >= 0.6 is 0 Å². The number of aryl methyl sites for hydroxylation is 1. The molecule has 0 saturated carbocycles. The minimum Gasteiger partial charge on any atom is -0.423 e. The standard InChI is InChI=1S/C23H26N6O2/c1-24-14-2-5-18-17(12-14)16-4-7-21(28-22(16)26-18)25-15-3-6-20-19(13-15)27-23(31-20)29-8-10-30-11-9-29/h3-4,6-7,13-14,24H,2,5,8-12H2,1H3,(H2,25,26,28). The highest BCUT2D eigenvalue weighted by atomic mass is 16.5. The summed E-state index contributed by atoms with van der Waals surface area (Å²) in [6.07, 6.45) is 3.27. The topological polar surface area (TPSA) is 91.2 Å². The van der Waals surface area contributed by atoms with Gasteiger partial charge in [-0.1, -0.05) is 0 Å². The summed E-state index contributed by atoms with van der Waals surface area (Å²) in [5, 5.41) is 8.05. The molecule has 1 aliphatic carbocycles. The Kier molecular flexibility index (Phi) is 4.54. The van der Waals surface area contributed by atoms with Crippen LogP contribution in [0.25, 0.3) is 22.1 Å². The van der Waals surface area contributed by atoms with Gasteiger partial charge in [-0.15, -0.1) is 0 Å². The zero-order chi connectivity index (χ0) is 20.8. The highest BCUT2D eigenvalue weighted by molar-refractivity contribution is 5.85. The van der Waals surface area contributed by atoms with Gasteiger partial charge in [-0.2, -0.15) is 4.98 Å². The Labute approximate surface area is 180 Å². The van der Waals surface area contributed by atoms with Gasteiger partial charge in [0.1, 0.15) is 17.0 Å². The molecule has 0 amide bonds. The maximum atomic E-state index is 5.94. The maximum Gasteiger partial charge on any atom is 0.298 e. The molecule has 0 radical (unpaired) electrons. The molecule has 1 aromatic carbocycles. The van der Waals surface area contributed by atoms with Crippen molar-refractivity contribution in [3.05, 3.63) is 41.6 Å². The number of rotatable bonds is 4. The number of fused-ring (bicyclic) bond motifs is 4. The molecule has 31 heavy (non-hydrogen) atoms. The Bertz CT molecular complexity index is 1240. The van der Waals surface area contributed by atoms with E-state index in [2.05, 4.69) is 31.6 Å². The number of morpholine rings is 1. The molecule has 0 bridgehead atoms. The molecule has 160 valence electrons. The van der Waals surface area contributed by atoms with Crippen LogP contribution < -0.4 is 15.5 Å². The number of benzene rings is 1. The monoisotopic (exact) mass is 418 g/mol. The number of anilines is 3. The molecule has 4 heterocycles. The van der Waals surface area contributed by atoms with Crippen molar-refractivity contribution in [2.75, 3.05) is 43.6 Å². The number of aromatic nitrogens is 3. The van der Waals surface area contributed by atoms with Crippen LogP contribution in [0.3, 0.4) is 0 Å². The van der Waals surface area contributed by atoms with Gasteiger partial charge in [0.15, 0.2) is 5.58 Å². The lowest BCUT2D eigenvalue weighted by Gasteiger charge is -2.24. The van der Waals surface area contributed by atoms with E-state index >= 15 is 0 Å². The Morgan fingerprint density at radius 2 is 2.03 bits per heavy atom. The molecule has 0 spiro atoms. The lowest BCUT2D eigenvalue weighted by molar-refractivity contribution is 0.120. The quantitative estimate of drug-likeness (QED) is 0.468. The molecule has 8 heteroatoms. The van der Waals surface area contributed by atoms with Gasteiger partial charge in [0.2, 0.25) is 0 Å². The Hall–Kier alpha value is -3.10. The zero-order valence-electron chi connectivity index (χ0n) is 17.6. The normalized spacial score (nSPS) is 19.1. The van der Waals surface area contributed by atoms with E-state index in [1.807, 2.05) is 31.3 Å². The number of pyridine rings is 1. The van der Waals surface area contributed by atoms with Crippen molar-refractivity contribution < 1.29 is 9.15 Å². The average molecular weight is 419 g/mol. The van der Waals surface area contributed by atoms with Gasteiger partial charge in [0, 0.05) is 35.9 Å². The second-order valence-corrected chi connectivity index (χ2v) is 8.31. The molecule has 8 nitrogen and oxygen atoms in total. The number of likely N-dealkylation sites (N-methyl/N-ethyl adjacent to an activating group) is 1. The van der Waals surface area contributed by atoms with Crippen molar-refractivity contribution >= 4 is 39.7 Å². The number of hydrogen-bond donors (Lipinski definition) is 3. The smallest absolute Gasteiger partial charge is 0.298 e. The van der Waals surface area contributed by atoms with Gasteiger partial charge >= 0.3 is 0 Å². The molecule has 1 atom stereocenters. The molecule has 1 aliphatic heterocycles. The van der Waals surface area contributed by atoms with Gasteiger partial charge in [0.25, 0.3) is 6.01 Å². The van der Waals surface area contributed by atoms with E-state index in [4.69, 9.17) is 14.1 Å². The molecule has 6 rings (SSSR count). The van der Waals surface area contributed by atoms with Crippen LogP contribution in [0.2, 0.25) is 0 Å². The van der Waals surface area contributed by atoms with Crippen LogP contribution in [-0.4, -0.2) is 54.3 Å². The SMILES string of the molecule is CNC1CCc2[nH]c3nc(Nc4ccc5oc(N6CCOCC6)nc5c4)ccc3c2C1. The van der Waals surface area contributed by atoms with Gasteiger partial charge in [-0.3, -0.25) is 0 Å². The van der Waals surface area contributed by atoms with Crippen LogP contribution in [0.15, 0.2) is 34.7 Å². The summed E-state index contributed by atoms with van der Waals surface area (Å²) in [7, 11) is 2.04. The number of ether oxygens (including phenoxy) is 1. The summed E-state index contributed by atoms with van der Waals surface area (Å²) >= 11 is 0. The molecule has 1 unspecified atom stereocenters. The summed E-state index contributed by atoms with van der Waals surface area (Å²) < 4.78 is 11.4. The fraction of sp³-hybridized carbons (Fsp3) is 0.391. The zero-order valence-corrected chi connectivity index (χ0v) is 17.6. The third-order valence-corrected chi connectivity index (χ3v) is 6.39. The third kappa shape index (κ3) is 3.41. The number of hydrogen-bond acceptors (Lipinski definition) is 7. The lowest BCUT2D eigenvalue weighted by Crippen LogP contribution is -2.36. The summed E-state index contributed by atoms with van der Waals surface area (Å²) in [4.78, 5) is 15.2. The van der Waals surface area contributed by atoms with E-state index in [0.717, 1.165) is 60.6 Å². The van der Waals surface area contributed by atoms with E-state index in [1.54, 1.807) is 0 Å². The number of nitrogens with one attached hydrogen (secondary N) is 3. The first-order valence-electron chi connectivity index (χ1n) is 10.9. The minimum atomic E-state index is 0.542. The molecule has 3 N–H and O–H groups in total. The number of H-pyrrole nitrogens is 1. The van der Waals surface area contributed by atoms with Gasteiger partial charge < -0.3 is 29.7 Å². The largest absolute Gasteiger partial charge is 0.423 e. The van der Waals surface area contributed by atoms with E-state index < -0.39 is 0 Å². The summed E-state index contributed by atoms with van der Waals surface area (Å²) in [6.45, 7) is 3.02. The first kappa shape index (κ1) is 18.7. The van der Waals surface area contributed by atoms with Crippen molar-refractivity contribution in [2.45, 2.75) is 25.3 Å². The molecule has 4 aromatic rings. The van der Waals surface area contributed by atoms with Crippen molar-refractivity contribution in [1.82, 2.24) is 20.3 Å². The Morgan fingerprint density at radius 3 is 2.90 bits per heavy atom.